The van der Waals surface area contributed by atoms with Gasteiger partial charge in [-0.05, 0) is 24.6 Å². The number of rotatable bonds is 4. The molecule has 1 aliphatic heterocycles. The van der Waals surface area contributed by atoms with E-state index >= 15 is 0 Å². The molecule has 1 N–H and O–H groups in total. The average molecular weight is 315 g/mol. The third kappa shape index (κ3) is 3.50. The van der Waals surface area contributed by atoms with E-state index < -0.39 is 0 Å². The first-order chi connectivity index (χ1) is 11.1. The molecule has 0 bridgehead atoms. The molecule has 3 heterocycles. The number of nitrogens with zero attached hydrogens (tertiary/aromatic N) is 4. The first-order valence-corrected chi connectivity index (χ1v) is 7.69. The van der Waals surface area contributed by atoms with Gasteiger partial charge >= 0.3 is 0 Å². The van der Waals surface area contributed by atoms with Crippen LogP contribution in [-0.4, -0.2) is 47.0 Å². The van der Waals surface area contributed by atoms with Crippen LogP contribution in [0.4, 0.5) is 5.82 Å². The van der Waals surface area contributed by atoms with Crippen LogP contribution < -0.4 is 10.2 Å². The van der Waals surface area contributed by atoms with Crippen LogP contribution in [0.25, 0.3) is 0 Å². The van der Waals surface area contributed by atoms with Crippen LogP contribution in [0.5, 0.6) is 0 Å². The van der Waals surface area contributed by atoms with Gasteiger partial charge in [0.25, 0.3) is 5.91 Å². The highest BCUT2D eigenvalue weighted by molar-refractivity contribution is 5.94. The monoisotopic (exact) mass is 315 g/mol. The van der Waals surface area contributed by atoms with Gasteiger partial charge in [0, 0.05) is 38.6 Å². The molecule has 0 aromatic carbocycles. The smallest absolute Gasteiger partial charge is 0.255 e. The van der Waals surface area contributed by atoms with Crippen molar-refractivity contribution >= 4 is 11.7 Å². The molecule has 0 spiro atoms. The maximum Gasteiger partial charge on any atom is 0.255 e. The van der Waals surface area contributed by atoms with Crippen LogP contribution in [0.1, 0.15) is 21.6 Å². The Morgan fingerprint density at radius 2 is 2.17 bits per heavy atom. The van der Waals surface area contributed by atoms with Crippen molar-refractivity contribution in [1.29, 1.82) is 0 Å². The van der Waals surface area contributed by atoms with E-state index in [0.29, 0.717) is 12.1 Å². The average Bonchev–Trinajstić information content (AvgIpc) is 2.93. The van der Waals surface area contributed by atoms with Crippen LogP contribution >= 0.6 is 0 Å². The number of hydrogen-bond donors (Lipinski definition) is 1. The molecule has 0 aliphatic carbocycles. The maximum atomic E-state index is 12.2. The lowest BCUT2D eigenvalue weighted by atomic mass is 10.2. The van der Waals surface area contributed by atoms with Gasteiger partial charge in [-0.25, -0.2) is 4.98 Å². The summed E-state index contributed by atoms with van der Waals surface area (Å²) in [5.74, 6) is 0.818. The highest BCUT2D eigenvalue weighted by Crippen LogP contribution is 2.14. The number of aromatic nitrogens is 3. The van der Waals surface area contributed by atoms with E-state index in [4.69, 9.17) is 4.74 Å². The van der Waals surface area contributed by atoms with Crippen molar-refractivity contribution < 1.29 is 9.53 Å². The van der Waals surface area contributed by atoms with E-state index in [1.54, 1.807) is 17.1 Å². The van der Waals surface area contributed by atoms with Gasteiger partial charge in [0.05, 0.1) is 25.0 Å². The maximum absolute atomic E-state index is 12.2. The SMILES string of the molecule is Cc1c(C(=O)NCc2ccnc(N3CCOCC3)c2)cnn1C. The fourth-order valence-corrected chi connectivity index (χ4v) is 2.54. The lowest BCUT2D eigenvalue weighted by Gasteiger charge is -2.28. The first-order valence-electron chi connectivity index (χ1n) is 7.69. The van der Waals surface area contributed by atoms with Crippen molar-refractivity contribution in [3.8, 4) is 0 Å². The second-order valence-corrected chi connectivity index (χ2v) is 5.57. The Morgan fingerprint density at radius 1 is 1.39 bits per heavy atom. The summed E-state index contributed by atoms with van der Waals surface area (Å²) in [6.07, 6.45) is 3.37. The predicted molar refractivity (Wildman–Crippen MR) is 86.4 cm³/mol. The zero-order valence-corrected chi connectivity index (χ0v) is 13.5. The number of nitrogens with one attached hydrogen (secondary N) is 1. The predicted octanol–water partition coefficient (Wildman–Crippen LogP) is 0.890. The fourth-order valence-electron chi connectivity index (χ4n) is 2.54. The highest BCUT2D eigenvalue weighted by Gasteiger charge is 2.14. The Hall–Kier alpha value is -2.41. The van der Waals surface area contributed by atoms with Crippen LogP contribution in [0.2, 0.25) is 0 Å². The lowest BCUT2D eigenvalue weighted by molar-refractivity contribution is 0.0950. The Bertz CT molecular complexity index is 692. The molecule has 0 unspecified atom stereocenters. The first kappa shape index (κ1) is 15.5. The Kier molecular flexibility index (Phi) is 4.57. The third-order valence-electron chi connectivity index (χ3n) is 4.08. The minimum absolute atomic E-state index is 0.111. The van der Waals surface area contributed by atoms with Crippen molar-refractivity contribution in [1.82, 2.24) is 20.1 Å². The molecule has 7 nitrogen and oxygen atoms in total. The molecule has 3 rings (SSSR count). The van der Waals surface area contributed by atoms with Crippen molar-refractivity contribution in [3.63, 3.8) is 0 Å². The highest BCUT2D eigenvalue weighted by atomic mass is 16.5. The number of amides is 1. The van der Waals surface area contributed by atoms with Crippen LogP contribution in [0.15, 0.2) is 24.5 Å². The minimum Gasteiger partial charge on any atom is -0.378 e. The standard InChI is InChI=1S/C16H21N5O2/c1-12-14(11-19-20(12)2)16(22)18-10-13-3-4-17-15(9-13)21-5-7-23-8-6-21/h3-4,9,11H,5-8,10H2,1-2H3,(H,18,22). The quantitative estimate of drug-likeness (QED) is 0.907. The fraction of sp³-hybridized carbons (Fsp3) is 0.438. The normalized spacial score (nSPS) is 14.8. The van der Waals surface area contributed by atoms with Crippen molar-refractivity contribution in [3.05, 3.63) is 41.3 Å². The van der Waals surface area contributed by atoms with Gasteiger partial charge in [-0.2, -0.15) is 5.10 Å². The Balaban J connectivity index is 1.64. The van der Waals surface area contributed by atoms with Crippen LogP contribution in [-0.2, 0) is 18.3 Å². The van der Waals surface area contributed by atoms with Gasteiger partial charge in [0.2, 0.25) is 0 Å². The molecule has 23 heavy (non-hydrogen) atoms. The van der Waals surface area contributed by atoms with Crippen molar-refractivity contribution in [2.24, 2.45) is 7.05 Å². The lowest BCUT2D eigenvalue weighted by Crippen LogP contribution is -2.36. The van der Waals surface area contributed by atoms with E-state index in [1.807, 2.05) is 26.1 Å². The summed E-state index contributed by atoms with van der Waals surface area (Å²) in [5, 5.41) is 7.03. The van der Waals surface area contributed by atoms with Crippen molar-refractivity contribution in [2.75, 3.05) is 31.2 Å². The van der Waals surface area contributed by atoms with Gasteiger partial charge in [-0.3, -0.25) is 9.48 Å². The topological polar surface area (TPSA) is 72.3 Å². The third-order valence-corrected chi connectivity index (χ3v) is 4.08. The molecule has 7 heteroatoms. The second-order valence-electron chi connectivity index (χ2n) is 5.57. The van der Waals surface area contributed by atoms with E-state index in [2.05, 4.69) is 20.3 Å². The molecule has 2 aromatic rings. The summed E-state index contributed by atoms with van der Waals surface area (Å²) in [6.45, 7) is 5.49. The Morgan fingerprint density at radius 3 is 2.87 bits per heavy atom. The van der Waals surface area contributed by atoms with Gasteiger partial charge in [-0.1, -0.05) is 0 Å². The zero-order chi connectivity index (χ0) is 16.2. The molecule has 1 saturated heterocycles. The summed E-state index contributed by atoms with van der Waals surface area (Å²) >= 11 is 0. The van der Waals surface area contributed by atoms with E-state index in [1.165, 1.54) is 0 Å². The number of pyridine rings is 1. The summed E-state index contributed by atoms with van der Waals surface area (Å²) in [7, 11) is 1.82. The molecule has 1 fully saturated rings. The minimum atomic E-state index is -0.111. The summed E-state index contributed by atoms with van der Waals surface area (Å²) < 4.78 is 7.05. The van der Waals surface area contributed by atoms with Gasteiger partial charge in [0.1, 0.15) is 5.82 Å². The molecule has 1 aliphatic rings. The van der Waals surface area contributed by atoms with E-state index in [0.717, 1.165) is 43.4 Å². The van der Waals surface area contributed by atoms with E-state index in [-0.39, 0.29) is 5.91 Å². The van der Waals surface area contributed by atoms with Crippen LogP contribution in [0, 0.1) is 6.92 Å². The zero-order valence-electron chi connectivity index (χ0n) is 13.5. The molecule has 122 valence electrons. The number of carbonyl (C=O) groups excluding carboxylic acids is 1. The number of ether oxygens (including phenoxy) is 1. The summed E-state index contributed by atoms with van der Waals surface area (Å²) in [6, 6.07) is 3.93. The van der Waals surface area contributed by atoms with Gasteiger partial charge in [-0.15, -0.1) is 0 Å². The van der Waals surface area contributed by atoms with Gasteiger partial charge in [0.15, 0.2) is 0 Å². The molecule has 0 atom stereocenters. The number of hydrogen-bond acceptors (Lipinski definition) is 5. The van der Waals surface area contributed by atoms with E-state index in [9.17, 15) is 4.79 Å². The molecule has 1 amide bonds. The van der Waals surface area contributed by atoms with Crippen LogP contribution in [0.3, 0.4) is 0 Å². The second kappa shape index (κ2) is 6.78. The summed E-state index contributed by atoms with van der Waals surface area (Å²) in [5.41, 5.74) is 2.48. The number of carbonyl (C=O) groups is 1. The molecule has 0 radical (unpaired) electrons. The number of morpholine rings is 1. The molecular formula is C16H21N5O2. The Labute approximate surface area is 135 Å². The summed E-state index contributed by atoms with van der Waals surface area (Å²) in [4.78, 5) is 18.8. The number of aryl methyl sites for hydroxylation is 1. The van der Waals surface area contributed by atoms with Crippen molar-refractivity contribution in [2.45, 2.75) is 13.5 Å². The molecule has 2 aromatic heterocycles. The largest absolute Gasteiger partial charge is 0.378 e. The van der Waals surface area contributed by atoms with Gasteiger partial charge < -0.3 is 15.0 Å². The molecular weight excluding hydrogens is 294 g/mol. The number of anilines is 1. The molecule has 0 saturated carbocycles.